The van der Waals surface area contributed by atoms with Crippen LogP contribution in [0.4, 0.5) is 17.3 Å². The molecule has 9 nitrogen and oxygen atoms in total. The average molecular weight is 408 g/mol. The van der Waals surface area contributed by atoms with Crippen LogP contribution >= 0.6 is 0 Å². The van der Waals surface area contributed by atoms with Crippen LogP contribution in [-0.4, -0.2) is 68.0 Å². The molecule has 2 bridgehead atoms. The molecule has 0 radical (unpaired) electrons. The van der Waals surface area contributed by atoms with Crippen LogP contribution in [0.3, 0.4) is 0 Å². The van der Waals surface area contributed by atoms with Crippen molar-refractivity contribution in [3.63, 3.8) is 0 Å². The number of anilines is 2. The van der Waals surface area contributed by atoms with E-state index in [0.29, 0.717) is 37.9 Å². The van der Waals surface area contributed by atoms with Gasteiger partial charge in [-0.25, -0.2) is 9.97 Å². The third kappa shape index (κ3) is 4.61. The van der Waals surface area contributed by atoms with Crippen LogP contribution < -0.4 is 9.80 Å². The predicted molar refractivity (Wildman–Crippen MR) is 112 cm³/mol. The SMILES string of the molecule is COCCN(CCOC)c1ncnc(N2CC3(C)CC2CC(C)(C)C3)c1[N+](=O)[O-]. The van der Waals surface area contributed by atoms with Gasteiger partial charge in [-0.1, -0.05) is 20.8 Å². The Hall–Kier alpha value is -2.00. The predicted octanol–water partition coefficient (Wildman–Crippen LogP) is 2.89. The summed E-state index contributed by atoms with van der Waals surface area (Å²) in [6, 6.07) is 0.261. The number of hydrogen-bond donors (Lipinski definition) is 0. The second-order valence-corrected chi connectivity index (χ2v) is 9.44. The summed E-state index contributed by atoms with van der Waals surface area (Å²) in [5.41, 5.74) is 0.352. The molecule has 9 heteroatoms. The van der Waals surface area contributed by atoms with Gasteiger partial charge in [0.1, 0.15) is 6.33 Å². The van der Waals surface area contributed by atoms with Crippen molar-refractivity contribution in [3.8, 4) is 0 Å². The van der Waals surface area contributed by atoms with Crippen LogP contribution in [0.15, 0.2) is 6.33 Å². The number of rotatable bonds is 9. The maximum absolute atomic E-state index is 12.2. The van der Waals surface area contributed by atoms with Gasteiger partial charge >= 0.3 is 5.69 Å². The van der Waals surface area contributed by atoms with E-state index in [1.807, 2.05) is 4.90 Å². The normalized spacial score (nSPS) is 25.3. The molecule has 0 aromatic carbocycles. The number of nitrogens with zero attached hydrogens (tertiary/aromatic N) is 5. The van der Waals surface area contributed by atoms with Gasteiger partial charge in [-0.2, -0.15) is 0 Å². The van der Waals surface area contributed by atoms with E-state index < -0.39 is 0 Å². The van der Waals surface area contributed by atoms with Crippen molar-refractivity contribution >= 4 is 17.3 Å². The molecule has 1 aliphatic carbocycles. The maximum atomic E-state index is 12.2. The molecule has 2 unspecified atom stereocenters. The van der Waals surface area contributed by atoms with Gasteiger partial charge in [0.05, 0.1) is 18.1 Å². The zero-order valence-electron chi connectivity index (χ0n) is 18.2. The number of ether oxygens (including phenoxy) is 2. The minimum absolute atomic E-state index is 0.0198. The number of fused-ring (bicyclic) bond motifs is 2. The van der Waals surface area contributed by atoms with E-state index in [2.05, 4.69) is 35.6 Å². The van der Waals surface area contributed by atoms with Crippen LogP contribution in [-0.2, 0) is 9.47 Å². The van der Waals surface area contributed by atoms with E-state index in [1.165, 1.54) is 6.33 Å². The standard InChI is InChI=1S/C20H33N5O4/c1-19(2)10-15-11-20(3,12-19)13-24(15)18-16(25(26)27)17(21-14-22-18)23(6-8-28-4)7-9-29-5/h14-15H,6-13H2,1-5H3. The highest BCUT2D eigenvalue weighted by atomic mass is 16.6. The summed E-state index contributed by atoms with van der Waals surface area (Å²) in [5, 5.41) is 12.2. The van der Waals surface area contributed by atoms with Crippen molar-refractivity contribution in [2.24, 2.45) is 10.8 Å². The van der Waals surface area contributed by atoms with Crippen LogP contribution in [0.25, 0.3) is 0 Å². The van der Waals surface area contributed by atoms with Crippen LogP contribution in [0.1, 0.15) is 40.0 Å². The fraction of sp³-hybridized carbons (Fsp3) is 0.800. The monoisotopic (exact) mass is 407 g/mol. The Labute approximate surface area is 172 Å². The molecule has 0 spiro atoms. The highest BCUT2D eigenvalue weighted by molar-refractivity contribution is 5.72. The molecule has 2 atom stereocenters. The van der Waals surface area contributed by atoms with Gasteiger partial charge < -0.3 is 19.3 Å². The van der Waals surface area contributed by atoms with Gasteiger partial charge in [-0.15, -0.1) is 0 Å². The summed E-state index contributed by atoms with van der Waals surface area (Å²) < 4.78 is 10.4. The van der Waals surface area contributed by atoms with Crippen molar-refractivity contribution in [2.45, 2.75) is 46.1 Å². The first-order chi connectivity index (χ1) is 13.7. The largest absolute Gasteiger partial charge is 0.383 e. The number of nitro groups is 1. The first-order valence-corrected chi connectivity index (χ1v) is 10.2. The Morgan fingerprint density at radius 2 is 1.86 bits per heavy atom. The molecule has 162 valence electrons. The molecule has 0 amide bonds. The smallest absolute Gasteiger partial charge is 0.353 e. The molecule has 1 saturated carbocycles. The summed E-state index contributed by atoms with van der Waals surface area (Å²) in [6.07, 6.45) is 4.62. The Kier molecular flexibility index (Phi) is 6.28. The van der Waals surface area contributed by atoms with Gasteiger partial charge in [0.15, 0.2) is 0 Å². The summed E-state index contributed by atoms with van der Waals surface area (Å²) in [7, 11) is 3.22. The van der Waals surface area contributed by atoms with E-state index >= 15 is 0 Å². The molecule has 2 heterocycles. The van der Waals surface area contributed by atoms with E-state index in [1.54, 1.807) is 14.2 Å². The lowest BCUT2D eigenvalue weighted by Crippen LogP contribution is -2.36. The molecule has 2 aliphatic rings. The molecule has 2 fully saturated rings. The molecule has 0 N–H and O–H groups in total. The van der Waals surface area contributed by atoms with Crippen LogP contribution in [0, 0.1) is 20.9 Å². The Morgan fingerprint density at radius 1 is 1.21 bits per heavy atom. The number of methoxy groups -OCH3 is 2. The van der Waals surface area contributed by atoms with Gasteiger partial charge in [0, 0.05) is 39.9 Å². The topological polar surface area (TPSA) is 93.9 Å². The van der Waals surface area contributed by atoms with E-state index in [4.69, 9.17) is 9.47 Å². The highest BCUT2D eigenvalue weighted by Gasteiger charge is 2.51. The first kappa shape index (κ1) is 21.7. The zero-order valence-corrected chi connectivity index (χ0v) is 18.2. The average Bonchev–Trinajstić information content (AvgIpc) is 2.89. The van der Waals surface area contributed by atoms with Crippen molar-refractivity contribution in [2.75, 3.05) is 56.9 Å². The van der Waals surface area contributed by atoms with Gasteiger partial charge in [-0.3, -0.25) is 10.1 Å². The molecule has 1 aromatic heterocycles. The van der Waals surface area contributed by atoms with E-state index in [0.717, 1.165) is 25.8 Å². The highest BCUT2D eigenvalue weighted by Crippen LogP contribution is 2.54. The quantitative estimate of drug-likeness (QED) is 0.456. The fourth-order valence-electron chi connectivity index (χ4n) is 5.40. The van der Waals surface area contributed by atoms with Crippen molar-refractivity contribution in [1.82, 2.24) is 9.97 Å². The second-order valence-electron chi connectivity index (χ2n) is 9.44. The second kappa shape index (κ2) is 8.39. The maximum Gasteiger partial charge on any atom is 0.353 e. The van der Waals surface area contributed by atoms with Crippen LogP contribution in [0.5, 0.6) is 0 Å². The van der Waals surface area contributed by atoms with Gasteiger partial charge in [0.2, 0.25) is 11.6 Å². The lowest BCUT2D eigenvalue weighted by atomic mass is 9.65. The molecule has 29 heavy (non-hydrogen) atoms. The zero-order chi connectivity index (χ0) is 21.2. The van der Waals surface area contributed by atoms with E-state index in [9.17, 15) is 10.1 Å². The number of aromatic nitrogens is 2. The lowest BCUT2D eigenvalue weighted by molar-refractivity contribution is -0.383. The number of hydrogen-bond acceptors (Lipinski definition) is 8. The Morgan fingerprint density at radius 3 is 2.45 bits per heavy atom. The fourth-order valence-corrected chi connectivity index (χ4v) is 5.40. The summed E-state index contributed by atoms with van der Waals surface area (Å²) in [6.45, 7) is 9.52. The van der Waals surface area contributed by atoms with Gasteiger partial charge in [0.25, 0.3) is 0 Å². The third-order valence-electron chi connectivity index (χ3n) is 6.08. The van der Waals surface area contributed by atoms with Crippen LogP contribution in [0.2, 0.25) is 0 Å². The molecule has 3 rings (SSSR count). The van der Waals surface area contributed by atoms with Gasteiger partial charge in [-0.05, 0) is 30.1 Å². The minimum atomic E-state index is -0.340. The molecule has 1 aromatic rings. The summed E-state index contributed by atoms with van der Waals surface area (Å²) >= 11 is 0. The Bertz CT molecular complexity index is 736. The molecular formula is C20H33N5O4. The molecule has 1 saturated heterocycles. The van der Waals surface area contributed by atoms with Crippen molar-refractivity contribution < 1.29 is 14.4 Å². The lowest BCUT2D eigenvalue weighted by Gasteiger charge is -2.39. The minimum Gasteiger partial charge on any atom is -0.383 e. The first-order valence-electron chi connectivity index (χ1n) is 10.2. The molecular weight excluding hydrogens is 374 g/mol. The summed E-state index contributed by atoms with van der Waals surface area (Å²) in [5.74, 6) is 0.770. The summed E-state index contributed by atoms with van der Waals surface area (Å²) in [4.78, 5) is 24.5. The third-order valence-corrected chi connectivity index (χ3v) is 6.08. The van der Waals surface area contributed by atoms with Crippen molar-refractivity contribution in [1.29, 1.82) is 0 Å². The van der Waals surface area contributed by atoms with E-state index in [-0.39, 0.29) is 27.5 Å². The molecule has 1 aliphatic heterocycles. The van der Waals surface area contributed by atoms with Crippen molar-refractivity contribution in [3.05, 3.63) is 16.4 Å². The Balaban J connectivity index is 2.00.